The molecule has 3 aromatic rings. The van der Waals surface area contributed by atoms with Gasteiger partial charge in [-0.3, -0.25) is 0 Å². The van der Waals surface area contributed by atoms with E-state index in [9.17, 15) is 9.59 Å². The monoisotopic (exact) mass is 823 g/mol. The largest absolute Gasteiger partial charge is 0.494 e. The lowest BCUT2D eigenvalue weighted by molar-refractivity contribution is -0.00134. The van der Waals surface area contributed by atoms with Gasteiger partial charge in [0.05, 0.1) is 24.3 Å². The fourth-order valence-corrected chi connectivity index (χ4v) is 9.49. The third-order valence-corrected chi connectivity index (χ3v) is 13.4. The molecule has 5 rings (SSSR count). The van der Waals surface area contributed by atoms with E-state index in [4.69, 9.17) is 18.9 Å². The van der Waals surface area contributed by atoms with Crippen molar-refractivity contribution in [2.45, 2.75) is 174 Å². The van der Waals surface area contributed by atoms with E-state index in [0.717, 1.165) is 53.6 Å². The van der Waals surface area contributed by atoms with Crippen molar-refractivity contribution in [2.24, 2.45) is 23.7 Å². The van der Waals surface area contributed by atoms with Crippen LogP contribution in [0.2, 0.25) is 0 Å². The van der Waals surface area contributed by atoms with Gasteiger partial charge in [-0.2, -0.15) is 0 Å². The summed E-state index contributed by atoms with van der Waals surface area (Å²) in [6.45, 7) is 5.83. The van der Waals surface area contributed by atoms with Crippen LogP contribution in [-0.4, -0.2) is 31.8 Å². The Morgan fingerprint density at radius 1 is 0.483 bits per heavy atom. The fraction of sp³-hybridized carbons (Fsp3) is 0.630. The standard InChI is InChI=1S/C54H78O6/c1-3-5-7-9-12-18-43-24-28-45(29-25-43)20-16-40-57-50-36-32-48(33-37-50)53(55)59-42-52(47-22-14-11-15-23-47)60-54(56)49-34-38-51(39-35-49)58-41-17-21-46-30-26-44(27-31-46)19-13-10-8-6-4-2/h11,14-15,22-23,32-39,43-46,52H,3-10,12-13,16-21,24-31,40-42H2,1-2H3/t43?,44?,45?,46?,52-/m0/s1. The molecule has 0 aliphatic heterocycles. The van der Waals surface area contributed by atoms with E-state index in [1.807, 2.05) is 54.6 Å². The summed E-state index contributed by atoms with van der Waals surface area (Å²) in [4.78, 5) is 26.4. The molecule has 0 bridgehead atoms. The first-order valence-electron chi connectivity index (χ1n) is 24.4. The second-order valence-corrected chi connectivity index (χ2v) is 18.1. The number of ether oxygens (including phenoxy) is 4. The molecule has 0 unspecified atom stereocenters. The summed E-state index contributed by atoms with van der Waals surface area (Å²) in [5.74, 6) is 4.09. The van der Waals surface area contributed by atoms with Gasteiger partial charge < -0.3 is 18.9 Å². The molecule has 2 aliphatic rings. The maximum Gasteiger partial charge on any atom is 0.338 e. The van der Waals surface area contributed by atoms with Gasteiger partial charge in [0.1, 0.15) is 18.1 Å². The number of esters is 2. The second kappa shape index (κ2) is 27.9. The van der Waals surface area contributed by atoms with Gasteiger partial charge in [-0.05, 0) is 103 Å². The molecule has 3 aromatic carbocycles. The maximum atomic E-state index is 13.3. The van der Waals surface area contributed by atoms with Crippen molar-refractivity contribution < 1.29 is 28.5 Å². The molecule has 0 amide bonds. The van der Waals surface area contributed by atoms with Crippen LogP contribution in [0, 0.1) is 23.7 Å². The van der Waals surface area contributed by atoms with E-state index in [-0.39, 0.29) is 6.61 Å². The van der Waals surface area contributed by atoms with Gasteiger partial charge in [0.25, 0.3) is 0 Å². The van der Waals surface area contributed by atoms with Crippen LogP contribution >= 0.6 is 0 Å². The minimum Gasteiger partial charge on any atom is -0.494 e. The first kappa shape index (κ1) is 47.3. The summed E-state index contributed by atoms with van der Waals surface area (Å²) in [5.41, 5.74) is 1.60. The molecule has 0 spiro atoms. The Morgan fingerprint density at radius 3 is 1.32 bits per heavy atom. The average Bonchev–Trinajstić information content (AvgIpc) is 3.29. The number of hydrogen-bond acceptors (Lipinski definition) is 6. The molecule has 2 saturated carbocycles. The molecule has 2 fully saturated rings. The summed E-state index contributed by atoms with van der Waals surface area (Å²) >= 11 is 0. The quantitative estimate of drug-likeness (QED) is 0.0537. The zero-order valence-corrected chi connectivity index (χ0v) is 37.4. The molecule has 60 heavy (non-hydrogen) atoms. The van der Waals surface area contributed by atoms with Gasteiger partial charge in [-0.15, -0.1) is 0 Å². The van der Waals surface area contributed by atoms with Crippen molar-refractivity contribution in [2.75, 3.05) is 19.8 Å². The molecular weight excluding hydrogens is 745 g/mol. The lowest BCUT2D eigenvalue weighted by Crippen LogP contribution is -2.19. The van der Waals surface area contributed by atoms with Gasteiger partial charge in [0.15, 0.2) is 6.10 Å². The molecular formula is C54H78O6. The number of hydrogen-bond donors (Lipinski definition) is 0. The van der Waals surface area contributed by atoms with E-state index in [0.29, 0.717) is 24.3 Å². The highest BCUT2D eigenvalue weighted by Gasteiger charge is 2.23. The molecule has 2 aliphatic carbocycles. The second-order valence-electron chi connectivity index (χ2n) is 18.1. The Hall–Kier alpha value is -3.80. The van der Waals surface area contributed by atoms with Crippen LogP contribution in [0.3, 0.4) is 0 Å². The highest BCUT2D eigenvalue weighted by atomic mass is 16.6. The smallest absolute Gasteiger partial charge is 0.338 e. The lowest BCUT2D eigenvalue weighted by Gasteiger charge is -2.28. The highest BCUT2D eigenvalue weighted by Crippen LogP contribution is 2.36. The third-order valence-electron chi connectivity index (χ3n) is 13.4. The maximum absolute atomic E-state index is 13.3. The van der Waals surface area contributed by atoms with Crippen LogP contribution in [0.4, 0.5) is 0 Å². The molecule has 0 N–H and O–H groups in total. The number of unbranched alkanes of at least 4 members (excludes halogenated alkanes) is 8. The number of rotatable bonds is 28. The number of benzene rings is 3. The van der Waals surface area contributed by atoms with Crippen molar-refractivity contribution in [1.82, 2.24) is 0 Å². The van der Waals surface area contributed by atoms with Gasteiger partial charge in [-0.25, -0.2) is 9.59 Å². The fourth-order valence-electron chi connectivity index (χ4n) is 9.49. The topological polar surface area (TPSA) is 71.1 Å². The Labute approximate surface area is 363 Å². The summed E-state index contributed by atoms with van der Waals surface area (Å²) in [5, 5.41) is 0. The van der Waals surface area contributed by atoms with E-state index in [1.54, 1.807) is 24.3 Å². The minimum absolute atomic E-state index is 0.102. The zero-order valence-electron chi connectivity index (χ0n) is 37.4. The Balaban J connectivity index is 0.968. The molecule has 330 valence electrons. The molecule has 0 saturated heterocycles. The van der Waals surface area contributed by atoms with Crippen LogP contribution in [-0.2, 0) is 9.47 Å². The molecule has 0 heterocycles. The van der Waals surface area contributed by atoms with Gasteiger partial charge in [0.2, 0.25) is 0 Å². The number of carbonyl (C=O) groups excluding carboxylic acids is 2. The minimum atomic E-state index is -0.757. The van der Waals surface area contributed by atoms with E-state index in [1.165, 1.54) is 141 Å². The van der Waals surface area contributed by atoms with Crippen LogP contribution in [0.5, 0.6) is 11.5 Å². The van der Waals surface area contributed by atoms with Crippen molar-refractivity contribution in [3.63, 3.8) is 0 Å². The molecule has 1 atom stereocenters. The van der Waals surface area contributed by atoms with Crippen LogP contribution < -0.4 is 9.47 Å². The molecule has 0 radical (unpaired) electrons. The summed E-state index contributed by atoms with van der Waals surface area (Å²) in [6.07, 6.45) is 31.5. The Kier molecular flexibility index (Phi) is 22.0. The van der Waals surface area contributed by atoms with E-state index < -0.39 is 18.0 Å². The SMILES string of the molecule is CCCCCCCC1CCC(CCCOc2ccc(C(=O)OC[C@H](OC(=O)c3ccc(OCCCC4CCC(CCCCCCC)CC4)cc3)c3ccccc3)cc2)CC1. The summed E-state index contributed by atoms with van der Waals surface area (Å²) in [6, 6.07) is 23.7. The average molecular weight is 823 g/mol. The van der Waals surface area contributed by atoms with Crippen LogP contribution in [0.15, 0.2) is 78.9 Å². The van der Waals surface area contributed by atoms with Crippen LogP contribution in [0.25, 0.3) is 0 Å². The van der Waals surface area contributed by atoms with Gasteiger partial charge in [0, 0.05) is 0 Å². The predicted molar refractivity (Wildman–Crippen MR) is 245 cm³/mol. The Bertz CT molecular complexity index is 1570. The third kappa shape index (κ3) is 17.7. The first-order chi connectivity index (χ1) is 29.5. The molecule has 0 aromatic heterocycles. The highest BCUT2D eigenvalue weighted by molar-refractivity contribution is 5.90. The van der Waals surface area contributed by atoms with E-state index >= 15 is 0 Å². The van der Waals surface area contributed by atoms with Crippen molar-refractivity contribution >= 4 is 11.9 Å². The van der Waals surface area contributed by atoms with Crippen molar-refractivity contribution in [3.8, 4) is 11.5 Å². The predicted octanol–water partition coefficient (Wildman–Crippen LogP) is 15.1. The number of carbonyl (C=O) groups is 2. The molecule has 6 nitrogen and oxygen atoms in total. The van der Waals surface area contributed by atoms with Gasteiger partial charge >= 0.3 is 11.9 Å². The van der Waals surface area contributed by atoms with Gasteiger partial charge in [-0.1, -0.05) is 173 Å². The summed E-state index contributed by atoms with van der Waals surface area (Å²) < 4.78 is 23.7. The van der Waals surface area contributed by atoms with Crippen LogP contribution in [0.1, 0.15) is 200 Å². The zero-order chi connectivity index (χ0) is 42.0. The molecule has 6 heteroatoms. The first-order valence-corrected chi connectivity index (χ1v) is 24.4. The Morgan fingerprint density at radius 2 is 0.883 bits per heavy atom. The van der Waals surface area contributed by atoms with Crippen molar-refractivity contribution in [1.29, 1.82) is 0 Å². The van der Waals surface area contributed by atoms with Crippen molar-refractivity contribution in [3.05, 3.63) is 95.6 Å². The lowest BCUT2D eigenvalue weighted by atomic mass is 9.78. The summed E-state index contributed by atoms with van der Waals surface area (Å²) in [7, 11) is 0. The van der Waals surface area contributed by atoms with E-state index in [2.05, 4.69) is 13.8 Å². The normalized spacial score (nSPS) is 19.6.